The molecule has 0 radical (unpaired) electrons. The second-order valence-electron chi connectivity index (χ2n) is 26.4. The minimum atomic E-state index is -1.67. The molecule has 1 fully saturated rings. The number of hydrogen-bond acceptors (Lipinski definition) is 10. The predicted molar refractivity (Wildman–Crippen MR) is 362 cm³/mol. The van der Waals surface area contributed by atoms with E-state index in [9.17, 15) is 40.5 Å². The molecule has 9 atom stereocenters. The van der Waals surface area contributed by atoms with Crippen LogP contribution in [0.5, 0.6) is 0 Å². The van der Waals surface area contributed by atoms with E-state index in [0.717, 1.165) is 38.5 Å². The zero-order chi connectivity index (χ0) is 62.4. The molecule has 9 unspecified atom stereocenters. The molecule has 508 valence electrons. The first-order valence-corrected chi connectivity index (χ1v) is 37.4. The van der Waals surface area contributed by atoms with Crippen LogP contribution >= 0.6 is 0 Å². The summed E-state index contributed by atoms with van der Waals surface area (Å²) in [7, 11) is 0. The summed E-state index contributed by atoms with van der Waals surface area (Å²) in [5.74, 6) is -0.704. The van der Waals surface area contributed by atoms with Crippen LogP contribution in [0.2, 0.25) is 0 Å². The molecule has 1 heterocycles. The first-order chi connectivity index (χ1) is 42.2. The Hall–Kier alpha value is -1.67. The maximum atomic E-state index is 13.3. The molecule has 0 aromatic rings. The van der Waals surface area contributed by atoms with Gasteiger partial charge in [0.1, 0.15) is 36.6 Å². The zero-order valence-corrected chi connectivity index (χ0v) is 56.3. The van der Waals surface area contributed by atoms with Crippen LogP contribution < -0.4 is 5.32 Å². The van der Waals surface area contributed by atoms with Crippen molar-refractivity contribution in [2.24, 2.45) is 0 Å². The number of ether oxygens (including phenoxy) is 2. The zero-order valence-electron chi connectivity index (χ0n) is 56.3. The quantitative estimate of drug-likeness (QED) is 0.0215. The van der Waals surface area contributed by atoms with Crippen LogP contribution in [0.15, 0.2) is 36.5 Å². The molecule has 0 aliphatic carbocycles. The van der Waals surface area contributed by atoms with Crippen LogP contribution in [0, 0.1) is 0 Å². The lowest BCUT2D eigenvalue weighted by Gasteiger charge is -2.40. The number of carbonyl (C=O) groups is 1. The Morgan fingerprint density at radius 2 is 0.698 bits per heavy atom. The van der Waals surface area contributed by atoms with Gasteiger partial charge in [-0.25, -0.2) is 0 Å². The smallest absolute Gasteiger partial charge is 0.249 e. The molecule has 0 aromatic carbocycles. The van der Waals surface area contributed by atoms with Crippen LogP contribution in [0.3, 0.4) is 0 Å². The Morgan fingerprint density at radius 1 is 0.395 bits per heavy atom. The van der Waals surface area contributed by atoms with Gasteiger partial charge in [-0.3, -0.25) is 4.79 Å². The maximum absolute atomic E-state index is 13.3. The molecule has 11 nitrogen and oxygen atoms in total. The SMILES string of the molecule is CCCCCCCCCCCCCCCC/C=C\CCCCCCCCCCCCCCCCCCC(O)C(=O)NC(COC1OC(CO)C(O)C(O)C1O)C(O)C(O)CCC/C=C/CC/C=C/CCCCCCCCCCCCCCCCCC. The fourth-order valence-corrected chi connectivity index (χ4v) is 12.2. The van der Waals surface area contributed by atoms with Crippen molar-refractivity contribution < 1.29 is 50.0 Å². The fraction of sp³-hybridized carbons (Fsp3) is 0.907. The van der Waals surface area contributed by atoms with E-state index >= 15 is 0 Å². The Labute approximate surface area is 530 Å². The number of rotatable bonds is 66. The van der Waals surface area contributed by atoms with E-state index in [1.807, 2.05) is 0 Å². The molecule has 0 saturated carbocycles. The number of nitrogens with one attached hydrogen (secondary N) is 1. The summed E-state index contributed by atoms with van der Waals surface area (Å²) in [5.41, 5.74) is 0. The average molecular weight is 1220 g/mol. The molecule has 1 rings (SSSR count). The van der Waals surface area contributed by atoms with Crippen molar-refractivity contribution >= 4 is 5.91 Å². The van der Waals surface area contributed by atoms with Crippen LogP contribution in [-0.2, 0) is 14.3 Å². The summed E-state index contributed by atoms with van der Waals surface area (Å²) in [5, 5.41) is 76.5. The van der Waals surface area contributed by atoms with E-state index < -0.39 is 74.2 Å². The van der Waals surface area contributed by atoms with Crippen molar-refractivity contribution in [3.05, 3.63) is 36.5 Å². The van der Waals surface area contributed by atoms with E-state index in [4.69, 9.17) is 9.47 Å². The molecular formula is C75H143NO10. The van der Waals surface area contributed by atoms with E-state index in [2.05, 4.69) is 55.6 Å². The molecule has 11 heteroatoms. The third-order valence-electron chi connectivity index (χ3n) is 18.1. The van der Waals surface area contributed by atoms with Gasteiger partial charge in [0.15, 0.2) is 6.29 Å². The largest absolute Gasteiger partial charge is 0.394 e. The van der Waals surface area contributed by atoms with Crippen molar-refractivity contribution in [2.45, 2.75) is 422 Å². The molecule has 0 spiro atoms. The molecule has 0 bridgehead atoms. The van der Waals surface area contributed by atoms with Gasteiger partial charge in [0, 0.05) is 0 Å². The number of amides is 1. The molecule has 1 aliphatic rings. The van der Waals surface area contributed by atoms with Crippen molar-refractivity contribution in [2.75, 3.05) is 13.2 Å². The van der Waals surface area contributed by atoms with E-state index in [1.165, 1.54) is 283 Å². The van der Waals surface area contributed by atoms with Crippen molar-refractivity contribution in [1.82, 2.24) is 5.32 Å². The number of allylic oxidation sites excluding steroid dienone is 6. The summed E-state index contributed by atoms with van der Waals surface area (Å²) in [4.78, 5) is 13.3. The van der Waals surface area contributed by atoms with Gasteiger partial charge in [-0.2, -0.15) is 0 Å². The Kier molecular flexibility index (Phi) is 60.8. The van der Waals surface area contributed by atoms with Crippen molar-refractivity contribution in [3.63, 3.8) is 0 Å². The van der Waals surface area contributed by atoms with Gasteiger partial charge in [-0.15, -0.1) is 0 Å². The second kappa shape index (κ2) is 63.5. The lowest BCUT2D eigenvalue weighted by molar-refractivity contribution is -0.303. The topological polar surface area (TPSA) is 189 Å². The standard InChI is InChI=1S/C75H143NO10/c1-3-5-7-9-11-13-15-17-19-21-23-25-27-29-30-31-32-33-34-35-36-37-39-41-43-45-47-49-51-53-55-57-59-61-63-68(79)74(84)76-66(65-85-75-73(83)72(82)71(81)69(64-77)86-75)70(80)67(78)62-60-58-56-54-52-50-48-46-44-42-40-38-28-26-24-22-20-18-16-14-12-10-8-6-4-2/h31-32,46,48,54,56,66-73,75,77-83H,3-30,33-45,47,49-53,55,57-65H2,1-2H3,(H,76,84)/b32-31-,48-46+,56-54+. The van der Waals surface area contributed by atoms with Gasteiger partial charge < -0.3 is 50.5 Å². The molecular weight excluding hydrogens is 1070 g/mol. The normalized spacial score (nSPS) is 18.9. The van der Waals surface area contributed by atoms with Gasteiger partial charge in [0.25, 0.3) is 0 Å². The van der Waals surface area contributed by atoms with E-state index in [-0.39, 0.29) is 12.8 Å². The van der Waals surface area contributed by atoms with Gasteiger partial charge in [-0.1, -0.05) is 326 Å². The first kappa shape index (κ1) is 82.3. The average Bonchev–Trinajstić information content (AvgIpc) is 3.28. The molecule has 1 aliphatic heterocycles. The van der Waals surface area contributed by atoms with Gasteiger partial charge in [0.2, 0.25) is 5.91 Å². The van der Waals surface area contributed by atoms with Gasteiger partial charge in [-0.05, 0) is 77.0 Å². The van der Waals surface area contributed by atoms with Crippen molar-refractivity contribution in [3.8, 4) is 0 Å². The summed E-state index contributed by atoms with van der Waals surface area (Å²) >= 11 is 0. The van der Waals surface area contributed by atoms with E-state index in [1.54, 1.807) is 0 Å². The lowest BCUT2D eigenvalue weighted by Crippen LogP contribution is -2.60. The highest BCUT2D eigenvalue weighted by Gasteiger charge is 2.44. The number of unbranched alkanes of at least 4 members (excludes halogenated alkanes) is 48. The van der Waals surface area contributed by atoms with Gasteiger partial charge >= 0.3 is 0 Å². The lowest BCUT2D eigenvalue weighted by atomic mass is 9.98. The highest BCUT2D eigenvalue weighted by molar-refractivity contribution is 5.80. The number of carbonyl (C=O) groups excluding carboxylic acids is 1. The molecule has 8 N–H and O–H groups in total. The number of hydrogen-bond donors (Lipinski definition) is 8. The third kappa shape index (κ3) is 50.0. The van der Waals surface area contributed by atoms with Crippen LogP contribution in [-0.4, -0.2) is 110 Å². The minimum Gasteiger partial charge on any atom is -0.394 e. The van der Waals surface area contributed by atoms with Crippen LogP contribution in [0.25, 0.3) is 0 Å². The monoisotopic (exact) mass is 1220 g/mol. The second-order valence-corrected chi connectivity index (χ2v) is 26.4. The highest BCUT2D eigenvalue weighted by Crippen LogP contribution is 2.24. The Morgan fingerprint density at radius 3 is 1.03 bits per heavy atom. The summed E-state index contributed by atoms with van der Waals surface area (Å²) < 4.78 is 11.2. The summed E-state index contributed by atoms with van der Waals surface area (Å²) in [6.07, 6.45) is 71.1. The molecule has 1 saturated heterocycles. The maximum Gasteiger partial charge on any atom is 0.249 e. The van der Waals surface area contributed by atoms with Crippen LogP contribution in [0.1, 0.15) is 367 Å². The molecule has 0 aromatic heterocycles. The number of aliphatic hydroxyl groups is 7. The Balaban J connectivity index is 2.18. The molecule has 1 amide bonds. The number of aliphatic hydroxyl groups excluding tert-OH is 7. The minimum absolute atomic E-state index is 0.248. The van der Waals surface area contributed by atoms with Crippen LogP contribution in [0.4, 0.5) is 0 Å². The van der Waals surface area contributed by atoms with Gasteiger partial charge in [0.05, 0.1) is 25.4 Å². The summed E-state index contributed by atoms with van der Waals surface area (Å²) in [6, 6.07) is -1.19. The predicted octanol–water partition coefficient (Wildman–Crippen LogP) is 18.5. The summed E-state index contributed by atoms with van der Waals surface area (Å²) in [6.45, 7) is 3.50. The molecule has 86 heavy (non-hydrogen) atoms. The highest BCUT2D eigenvalue weighted by atomic mass is 16.7. The van der Waals surface area contributed by atoms with E-state index in [0.29, 0.717) is 19.3 Å². The third-order valence-corrected chi connectivity index (χ3v) is 18.1. The fourth-order valence-electron chi connectivity index (χ4n) is 12.2. The van der Waals surface area contributed by atoms with Crippen molar-refractivity contribution in [1.29, 1.82) is 0 Å². The first-order valence-electron chi connectivity index (χ1n) is 37.4. The Bertz CT molecular complexity index is 1490.